The van der Waals surface area contributed by atoms with E-state index in [1.165, 1.54) is 108 Å². The van der Waals surface area contributed by atoms with Crippen molar-refractivity contribution in [1.82, 2.24) is 4.98 Å². The van der Waals surface area contributed by atoms with Crippen LogP contribution in [0.3, 0.4) is 0 Å². The molecule has 0 radical (unpaired) electrons. The van der Waals surface area contributed by atoms with Crippen molar-refractivity contribution in [2.45, 2.75) is 9.79 Å². The third-order valence-corrected chi connectivity index (χ3v) is 11.6. The maximum absolute atomic E-state index is 4.82. The maximum atomic E-state index is 4.82. The van der Waals surface area contributed by atoms with Crippen LogP contribution in [0.4, 0.5) is 0 Å². The minimum absolute atomic E-state index is 1.22. The molecule has 1 nitrogen and oxygen atoms in total. The second-order valence-corrected chi connectivity index (χ2v) is 14.1. The number of hydrogen-bond acceptors (Lipinski definition) is 2. The molecule has 0 fully saturated rings. The molecule has 0 aliphatic carbocycles. The zero-order valence-corrected chi connectivity index (χ0v) is 27.3. The Kier molecular flexibility index (Phi) is 5.67. The Morgan fingerprint density at radius 2 is 0.898 bits per heavy atom. The first kappa shape index (κ1) is 27.0. The molecule has 0 spiro atoms. The average molecular weight is 638 g/mol. The normalized spacial score (nSPS) is 12.4. The lowest BCUT2D eigenvalue weighted by molar-refractivity contribution is 1.33. The number of pyridine rings is 1. The summed E-state index contributed by atoms with van der Waals surface area (Å²) in [5.74, 6) is 0. The quantitative estimate of drug-likeness (QED) is 0.175. The van der Waals surface area contributed by atoms with Crippen LogP contribution in [0.5, 0.6) is 0 Å². The Labute approximate surface area is 287 Å². The first-order chi connectivity index (χ1) is 24.3. The Balaban J connectivity index is 1.25. The van der Waals surface area contributed by atoms with Crippen LogP contribution >= 0.6 is 11.8 Å². The third-order valence-electron chi connectivity index (χ3n) is 10.5. The van der Waals surface area contributed by atoms with Gasteiger partial charge in [0.25, 0.3) is 0 Å². The summed E-state index contributed by atoms with van der Waals surface area (Å²) in [6.07, 6.45) is 4.12. The van der Waals surface area contributed by atoms with Crippen LogP contribution in [0.25, 0.3) is 98.0 Å². The van der Waals surface area contributed by atoms with Gasteiger partial charge in [-0.2, -0.15) is 0 Å². The topological polar surface area (TPSA) is 12.9 Å². The highest BCUT2D eigenvalue weighted by Crippen LogP contribution is 2.54. The second kappa shape index (κ2) is 10.3. The van der Waals surface area contributed by atoms with Crippen molar-refractivity contribution in [1.29, 1.82) is 0 Å². The van der Waals surface area contributed by atoms with E-state index in [0.29, 0.717) is 0 Å². The summed E-state index contributed by atoms with van der Waals surface area (Å²) >= 11 is 1.90. The SMILES string of the molecule is c1ccc(-c2cc3c4ccccc4c(-c4cc5c(c6ccccc46)-c4cncc6c4c(cc4ccccc46)S5)cc3c3ccccc23)cc1. The van der Waals surface area contributed by atoms with Gasteiger partial charge in [0.05, 0.1) is 0 Å². The van der Waals surface area contributed by atoms with E-state index in [2.05, 4.69) is 158 Å². The molecule has 0 amide bonds. The highest BCUT2D eigenvalue weighted by Gasteiger charge is 2.25. The van der Waals surface area contributed by atoms with Crippen LogP contribution in [-0.4, -0.2) is 4.98 Å². The van der Waals surface area contributed by atoms with Crippen LogP contribution < -0.4 is 0 Å². The number of aromatic nitrogens is 1. The van der Waals surface area contributed by atoms with Crippen molar-refractivity contribution in [2.75, 3.05) is 0 Å². The number of benzene rings is 9. The van der Waals surface area contributed by atoms with Gasteiger partial charge in [0.15, 0.2) is 0 Å². The van der Waals surface area contributed by atoms with Crippen molar-refractivity contribution < 1.29 is 0 Å². The van der Waals surface area contributed by atoms with Crippen LogP contribution in [0.2, 0.25) is 0 Å². The van der Waals surface area contributed by atoms with Crippen molar-refractivity contribution in [3.63, 3.8) is 0 Å². The van der Waals surface area contributed by atoms with Crippen molar-refractivity contribution in [2.24, 2.45) is 0 Å². The van der Waals surface area contributed by atoms with Crippen LogP contribution in [0, 0.1) is 0 Å². The average Bonchev–Trinajstić information content (AvgIpc) is 3.17. The molecule has 0 unspecified atom stereocenters. The zero-order valence-electron chi connectivity index (χ0n) is 26.4. The summed E-state index contributed by atoms with van der Waals surface area (Å²) in [4.78, 5) is 7.39. The van der Waals surface area contributed by atoms with Gasteiger partial charge in [0, 0.05) is 44.1 Å². The van der Waals surface area contributed by atoms with Crippen molar-refractivity contribution >= 4 is 76.4 Å². The highest BCUT2D eigenvalue weighted by molar-refractivity contribution is 7.99. The molecule has 1 aliphatic heterocycles. The Bertz CT molecular complexity index is 3010. The largest absolute Gasteiger partial charge is 0.263 e. The molecular weight excluding hydrogens is 611 g/mol. The second-order valence-electron chi connectivity index (χ2n) is 13.1. The summed E-state index contributed by atoms with van der Waals surface area (Å²) < 4.78 is 0. The summed E-state index contributed by atoms with van der Waals surface area (Å²) in [7, 11) is 0. The molecule has 0 saturated carbocycles. The van der Waals surface area contributed by atoms with E-state index in [-0.39, 0.29) is 0 Å². The molecule has 1 aromatic heterocycles. The lowest BCUT2D eigenvalue weighted by Gasteiger charge is -2.24. The first-order valence-electron chi connectivity index (χ1n) is 16.8. The predicted molar refractivity (Wildman–Crippen MR) is 210 cm³/mol. The number of fused-ring (bicyclic) bond motifs is 11. The van der Waals surface area contributed by atoms with Gasteiger partial charge in [-0.05, 0) is 100 Å². The molecule has 0 saturated heterocycles. The summed E-state index contributed by atoms with van der Waals surface area (Å²) in [6, 6.07) is 56.0. The molecule has 2 heterocycles. The fourth-order valence-electron chi connectivity index (χ4n) is 8.36. The molecule has 2 heteroatoms. The van der Waals surface area contributed by atoms with Crippen molar-refractivity contribution in [3.05, 3.63) is 164 Å². The van der Waals surface area contributed by atoms with E-state index in [4.69, 9.17) is 4.98 Å². The standard InChI is InChI=1S/C47H27NS/c1-2-12-28(13-3-1)37-23-38-33-18-8-9-19-34(33)40(24-39(38)32-17-7-6-16-31(32)37)41-25-45-46(36-21-11-10-20-35(36)41)43-27-48-26-42-30-15-5-4-14-29(30)22-44(49-45)47(42)43/h1-27H. The monoisotopic (exact) mass is 637 g/mol. The van der Waals surface area contributed by atoms with E-state index in [9.17, 15) is 0 Å². The Morgan fingerprint density at radius 3 is 1.63 bits per heavy atom. The van der Waals surface area contributed by atoms with Gasteiger partial charge in [-0.25, -0.2) is 0 Å². The molecule has 226 valence electrons. The molecule has 11 rings (SSSR count). The van der Waals surface area contributed by atoms with Gasteiger partial charge in [0.1, 0.15) is 0 Å². The first-order valence-corrected chi connectivity index (χ1v) is 17.6. The van der Waals surface area contributed by atoms with Gasteiger partial charge >= 0.3 is 0 Å². The smallest absolute Gasteiger partial charge is 0.0353 e. The number of nitrogens with zero attached hydrogens (tertiary/aromatic N) is 1. The van der Waals surface area contributed by atoms with Crippen LogP contribution in [-0.2, 0) is 0 Å². The van der Waals surface area contributed by atoms with E-state index >= 15 is 0 Å². The molecule has 0 bridgehead atoms. The molecule has 0 N–H and O–H groups in total. The highest BCUT2D eigenvalue weighted by atomic mass is 32.2. The van der Waals surface area contributed by atoms with E-state index in [0.717, 1.165) is 0 Å². The van der Waals surface area contributed by atoms with Crippen LogP contribution in [0.15, 0.2) is 174 Å². The van der Waals surface area contributed by atoms with Gasteiger partial charge in [0.2, 0.25) is 0 Å². The molecule has 49 heavy (non-hydrogen) atoms. The number of hydrogen-bond donors (Lipinski definition) is 0. The number of rotatable bonds is 2. The van der Waals surface area contributed by atoms with E-state index < -0.39 is 0 Å². The zero-order chi connectivity index (χ0) is 32.1. The molecular formula is C47H27NS. The maximum Gasteiger partial charge on any atom is 0.0353 e. The Morgan fingerprint density at radius 1 is 0.347 bits per heavy atom. The van der Waals surface area contributed by atoms with Gasteiger partial charge in [-0.3, -0.25) is 4.98 Å². The van der Waals surface area contributed by atoms with E-state index in [1.54, 1.807) is 0 Å². The molecule has 10 aromatic rings. The lowest BCUT2D eigenvalue weighted by atomic mass is 9.85. The van der Waals surface area contributed by atoms with Crippen molar-refractivity contribution in [3.8, 4) is 33.4 Å². The van der Waals surface area contributed by atoms with Gasteiger partial charge in [-0.1, -0.05) is 139 Å². The van der Waals surface area contributed by atoms with Gasteiger partial charge in [-0.15, -0.1) is 0 Å². The summed E-state index contributed by atoms with van der Waals surface area (Å²) in [5.41, 5.74) is 7.54. The van der Waals surface area contributed by atoms with Crippen LogP contribution in [0.1, 0.15) is 0 Å². The minimum atomic E-state index is 1.22. The summed E-state index contributed by atoms with van der Waals surface area (Å²) in [6.45, 7) is 0. The Hall–Kier alpha value is -5.96. The lowest BCUT2D eigenvalue weighted by Crippen LogP contribution is -1.98. The van der Waals surface area contributed by atoms with E-state index in [1.807, 2.05) is 18.0 Å². The fourth-order valence-corrected chi connectivity index (χ4v) is 9.61. The third kappa shape index (κ3) is 3.87. The minimum Gasteiger partial charge on any atom is -0.263 e. The summed E-state index contributed by atoms with van der Waals surface area (Å²) in [5, 5.41) is 15.2. The molecule has 1 aliphatic rings. The predicted octanol–water partition coefficient (Wildman–Crippen LogP) is 13.5. The molecule has 0 atom stereocenters. The molecule has 9 aromatic carbocycles. The van der Waals surface area contributed by atoms with Gasteiger partial charge < -0.3 is 0 Å². The fraction of sp³-hybridized carbons (Fsp3) is 0.